The Morgan fingerprint density at radius 1 is 1.27 bits per heavy atom. The minimum absolute atomic E-state index is 0.267. The van der Waals surface area contributed by atoms with Gasteiger partial charge in [0.15, 0.2) is 0 Å². The van der Waals surface area contributed by atoms with E-state index in [2.05, 4.69) is 10.3 Å². The number of ether oxygens (including phenoxy) is 1. The molecule has 0 amide bonds. The smallest absolute Gasteiger partial charge is 0.354 e. The fraction of sp³-hybridized carbons (Fsp3) is 0.550. The van der Waals surface area contributed by atoms with E-state index in [0.29, 0.717) is 24.3 Å². The molecule has 0 aromatic carbocycles. The normalized spacial score (nSPS) is 17.1. The monoisotopic (exact) mass is 354 g/mol. The molecule has 2 aromatic heterocycles. The van der Waals surface area contributed by atoms with E-state index in [-0.39, 0.29) is 5.97 Å². The minimum atomic E-state index is -0.267. The Kier molecular flexibility index (Phi) is 4.91. The Hall–Kier alpha value is -2.37. The van der Waals surface area contributed by atoms with Crippen LogP contribution in [-0.2, 0) is 17.7 Å². The maximum atomic E-state index is 12.2. The predicted molar refractivity (Wildman–Crippen MR) is 100 cm³/mol. The molecule has 1 saturated carbocycles. The van der Waals surface area contributed by atoms with Gasteiger partial charge in [-0.3, -0.25) is 0 Å². The summed E-state index contributed by atoms with van der Waals surface area (Å²) in [5.41, 5.74) is 3.67. The van der Waals surface area contributed by atoms with E-state index in [4.69, 9.17) is 9.72 Å². The summed E-state index contributed by atoms with van der Waals surface area (Å²) in [5.74, 6) is 0.430. The van der Waals surface area contributed by atoms with Crippen LogP contribution in [0.15, 0.2) is 18.3 Å². The average molecular weight is 354 g/mol. The number of aromatic nitrogens is 3. The second-order valence-corrected chi connectivity index (χ2v) is 7.13. The van der Waals surface area contributed by atoms with Crippen LogP contribution in [-0.4, -0.2) is 33.2 Å². The van der Waals surface area contributed by atoms with Crippen molar-refractivity contribution in [3.05, 3.63) is 29.6 Å². The molecule has 0 unspecified atom stereocenters. The summed E-state index contributed by atoms with van der Waals surface area (Å²) in [6, 6.07) is 4.29. The summed E-state index contributed by atoms with van der Waals surface area (Å²) in [6.07, 6.45) is 10.1. The molecule has 26 heavy (non-hydrogen) atoms. The first-order valence-electron chi connectivity index (χ1n) is 9.75. The van der Waals surface area contributed by atoms with Crippen LogP contribution < -0.4 is 5.32 Å². The number of carbonyl (C=O) groups is 1. The maximum Gasteiger partial charge on any atom is 0.354 e. The van der Waals surface area contributed by atoms with Gasteiger partial charge in [-0.05, 0) is 50.3 Å². The van der Waals surface area contributed by atoms with Crippen LogP contribution in [0.5, 0.6) is 0 Å². The van der Waals surface area contributed by atoms with Crippen molar-refractivity contribution in [1.29, 1.82) is 0 Å². The fourth-order valence-electron chi connectivity index (χ4n) is 4.04. The molecule has 2 aliphatic rings. The van der Waals surface area contributed by atoms with Crippen LogP contribution in [0.4, 0.5) is 5.95 Å². The molecule has 138 valence electrons. The molecule has 1 fully saturated rings. The van der Waals surface area contributed by atoms with Crippen LogP contribution in [0.25, 0.3) is 11.4 Å². The summed E-state index contributed by atoms with van der Waals surface area (Å²) < 4.78 is 7.24. The molecule has 0 atom stereocenters. The zero-order valence-corrected chi connectivity index (χ0v) is 15.3. The van der Waals surface area contributed by atoms with Crippen molar-refractivity contribution in [3.8, 4) is 11.4 Å². The molecular formula is C20H26N4O2. The van der Waals surface area contributed by atoms with Crippen LogP contribution in [0.1, 0.15) is 61.5 Å². The van der Waals surface area contributed by atoms with Gasteiger partial charge in [0.1, 0.15) is 5.69 Å². The number of rotatable bonds is 4. The summed E-state index contributed by atoms with van der Waals surface area (Å²) in [6.45, 7) is 3.00. The summed E-state index contributed by atoms with van der Waals surface area (Å²) in [5, 5.41) is 3.51. The first-order valence-corrected chi connectivity index (χ1v) is 9.75. The lowest BCUT2D eigenvalue weighted by Crippen LogP contribution is -2.23. The van der Waals surface area contributed by atoms with Crippen LogP contribution in [0, 0.1) is 0 Å². The zero-order valence-electron chi connectivity index (χ0n) is 15.3. The fourth-order valence-corrected chi connectivity index (χ4v) is 4.04. The number of fused-ring (bicyclic) bond motifs is 3. The molecule has 6 heteroatoms. The third kappa shape index (κ3) is 3.32. The van der Waals surface area contributed by atoms with E-state index in [9.17, 15) is 4.79 Å². The highest BCUT2D eigenvalue weighted by atomic mass is 16.5. The lowest BCUT2D eigenvalue weighted by Gasteiger charge is -2.23. The highest BCUT2D eigenvalue weighted by molar-refractivity contribution is 5.89. The van der Waals surface area contributed by atoms with E-state index < -0.39 is 0 Å². The number of nitrogens with one attached hydrogen (secondary N) is 1. The van der Waals surface area contributed by atoms with E-state index in [1.165, 1.54) is 32.1 Å². The SMILES string of the molecule is CCOC(=O)c1ccc2n1CCCc1cnc(NC3CCCCC3)nc1-2. The first-order chi connectivity index (χ1) is 12.8. The molecule has 0 spiro atoms. The summed E-state index contributed by atoms with van der Waals surface area (Å²) in [4.78, 5) is 21.6. The van der Waals surface area contributed by atoms with Gasteiger partial charge >= 0.3 is 5.97 Å². The quantitative estimate of drug-likeness (QED) is 0.846. The summed E-state index contributed by atoms with van der Waals surface area (Å²) >= 11 is 0. The van der Waals surface area contributed by atoms with Gasteiger partial charge in [0.05, 0.1) is 18.0 Å². The van der Waals surface area contributed by atoms with E-state index in [1.54, 1.807) is 0 Å². The number of carbonyl (C=O) groups excluding carboxylic acids is 1. The van der Waals surface area contributed by atoms with E-state index in [1.807, 2.05) is 29.8 Å². The van der Waals surface area contributed by atoms with Crippen molar-refractivity contribution in [2.45, 2.75) is 64.5 Å². The average Bonchev–Trinajstić information content (AvgIpc) is 2.99. The lowest BCUT2D eigenvalue weighted by molar-refractivity contribution is 0.0514. The highest BCUT2D eigenvalue weighted by Crippen LogP contribution is 2.30. The minimum Gasteiger partial charge on any atom is -0.461 e. The molecule has 1 aliphatic heterocycles. The van der Waals surface area contributed by atoms with Gasteiger partial charge in [0.2, 0.25) is 5.95 Å². The van der Waals surface area contributed by atoms with Gasteiger partial charge < -0.3 is 14.6 Å². The van der Waals surface area contributed by atoms with Crippen molar-refractivity contribution < 1.29 is 9.53 Å². The number of aryl methyl sites for hydroxylation is 1. The Bertz CT molecular complexity index is 793. The van der Waals surface area contributed by atoms with Crippen LogP contribution in [0.3, 0.4) is 0 Å². The zero-order chi connectivity index (χ0) is 17.9. The van der Waals surface area contributed by atoms with Crippen LogP contribution >= 0.6 is 0 Å². The topological polar surface area (TPSA) is 69.0 Å². The Morgan fingerprint density at radius 2 is 2.12 bits per heavy atom. The molecular weight excluding hydrogens is 328 g/mol. The molecule has 0 saturated heterocycles. The van der Waals surface area contributed by atoms with E-state index >= 15 is 0 Å². The lowest BCUT2D eigenvalue weighted by atomic mass is 9.96. The Labute approximate surface area is 154 Å². The summed E-state index contributed by atoms with van der Waals surface area (Å²) in [7, 11) is 0. The molecule has 6 nitrogen and oxygen atoms in total. The molecule has 4 rings (SSSR count). The van der Waals surface area contributed by atoms with Gasteiger partial charge in [0, 0.05) is 18.8 Å². The van der Waals surface area contributed by atoms with Crippen LogP contribution in [0.2, 0.25) is 0 Å². The van der Waals surface area contributed by atoms with Crippen molar-refractivity contribution >= 4 is 11.9 Å². The number of hydrogen-bond acceptors (Lipinski definition) is 5. The van der Waals surface area contributed by atoms with Crippen molar-refractivity contribution in [2.24, 2.45) is 0 Å². The molecule has 2 aromatic rings. The molecule has 1 aliphatic carbocycles. The predicted octanol–water partition coefficient (Wildman–Crippen LogP) is 3.81. The van der Waals surface area contributed by atoms with Gasteiger partial charge in [-0.2, -0.15) is 0 Å². The molecule has 0 radical (unpaired) electrons. The third-order valence-corrected chi connectivity index (χ3v) is 5.34. The second kappa shape index (κ2) is 7.48. The van der Waals surface area contributed by atoms with E-state index in [0.717, 1.165) is 36.3 Å². The Morgan fingerprint density at radius 3 is 2.92 bits per heavy atom. The standard InChI is InChI=1S/C20H26N4O2/c1-2-26-19(25)17-11-10-16-18-14(7-6-12-24(16)17)13-21-20(23-18)22-15-8-4-3-5-9-15/h10-11,13,15H,2-9,12H2,1H3,(H,21,22,23). The van der Waals surface area contributed by atoms with Crippen molar-refractivity contribution in [2.75, 3.05) is 11.9 Å². The number of esters is 1. The van der Waals surface area contributed by atoms with Crippen molar-refractivity contribution in [3.63, 3.8) is 0 Å². The third-order valence-electron chi connectivity index (χ3n) is 5.34. The van der Waals surface area contributed by atoms with Crippen molar-refractivity contribution in [1.82, 2.24) is 14.5 Å². The molecule has 3 heterocycles. The second-order valence-electron chi connectivity index (χ2n) is 7.13. The molecule has 1 N–H and O–H groups in total. The van der Waals surface area contributed by atoms with Gasteiger partial charge in [-0.15, -0.1) is 0 Å². The van der Waals surface area contributed by atoms with Gasteiger partial charge in [-0.1, -0.05) is 19.3 Å². The largest absolute Gasteiger partial charge is 0.461 e. The van der Waals surface area contributed by atoms with Gasteiger partial charge in [0.25, 0.3) is 0 Å². The number of nitrogens with zero attached hydrogens (tertiary/aromatic N) is 3. The van der Waals surface area contributed by atoms with Gasteiger partial charge in [-0.25, -0.2) is 14.8 Å². The highest BCUT2D eigenvalue weighted by Gasteiger charge is 2.23. The Balaban J connectivity index is 1.66. The maximum absolute atomic E-state index is 12.2. The number of anilines is 1. The first kappa shape index (κ1) is 17.1. The molecule has 0 bridgehead atoms. The number of hydrogen-bond donors (Lipinski definition) is 1.